The van der Waals surface area contributed by atoms with Gasteiger partial charge in [-0.05, 0) is 35.9 Å². The summed E-state index contributed by atoms with van der Waals surface area (Å²) in [4.78, 5) is 0. The van der Waals surface area contributed by atoms with Crippen molar-refractivity contribution in [2.24, 2.45) is 5.73 Å². The zero-order valence-electron chi connectivity index (χ0n) is 11.3. The highest BCUT2D eigenvalue weighted by molar-refractivity contribution is 9.10. The number of halogens is 3. The van der Waals surface area contributed by atoms with Gasteiger partial charge in [-0.2, -0.15) is 0 Å². The van der Waals surface area contributed by atoms with Crippen LogP contribution in [-0.4, -0.2) is 7.11 Å². The summed E-state index contributed by atoms with van der Waals surface area (Å²) in [6.45, 7) is 0.389. The molecule has 0 unspecified atom stereocenters. The molecule has 0 amide bonds. The third-order valence-electron chi connectivity index (χ3n) is 2.90. The number of benzene rings is 2. The van der Waals surface area contributed by atoms with Gasteiger partial charge in [0, 0.05) is 16.6 Å². The Kier molecular flexibility index (Phi) is 5.45. The first-order chi connectivity index (χ1) is 10.0. The minimum atomic E-state index is -0.341. The summed E-state index contributed by atoms with van der Waals surface area (Å²) in [5.74, 6) is 0.501. The highest BCUT2D eigenvalue weighted by Gasteiger charge is 2.13. The van der Waals surface area contributed by atoms with Crippen molar-refractivity contribution in [3.63, 3.8) is 0 Å². The quantitative estimate of drug-likeness (QED) is 0.849. The molecule has 0 radical (unpaired) electrons. The van der Waals surface area contributed by atoms with Gasteiger partial charge in [-0.25, -0.2) is 4.39 Å². The predicted molar refractivity (Wildman–Crippen MR) is 84.3 cm³/mol. The molecule has 2 aromatic rings. The number of nitrogens with two attached hydrogens (primary N) is 1. The second-order valence-electron chi connectivity index (χ2n) is 4.34. The van der Waals surface area contributed by atoms with Crippen molar-refractivity contribution >= 4 is 27.5 Å². The average Bonchev–Trinajstić information content (AvgIpc) is 2.48. The lowest BCUT2D eigenvalue weighted by atomic mass is 10.2. The lowest BCUT2D eigenvalue weighted by Gasteiger charge is -2.14. The van der Waals surface area contributed by atoms with Crippen LogP contribution < -0.4 is 15.2 Å². The summed E-state index contributed by atoms with van der Waals surface area (Å²) >= 11 is 9.46. The van der Waals surface area contributed by atoms with Crippen LogP contribution in [0.2, 0.25) is 5.02 Å². The summed E-state index contributed by atoms with van der Waals surface area (Å²) < 4.78 is 25.3. The van der Waals surface area contributed by atoms with Crippen molar-refractivity contribution in [2.45, 2.75) is 13.2 Å². The van der Waals surface area contributed by atoms with Crippen LogP contribution in [-0.2, 0) is 13.2 Å². The van der Waals surface area contributed by atoms with Crippen LogP contribution in [0, 0.1) is 5.82 Å². The van der Waals surface area contributed by atoms with Gasteiger partial charge in [0.25, 0.3) is 0 Å². The molecule has 0 spiro atoms. The highest BCUT2D eigenvalue weighted by Crippen LogP contribution is 2.37. The molecule has 2 N–H and O–H groups in total. The lowest BCUT2D eigenvalue weighted by molar-refractivity contribution is 0.279. The maximum Gasteiger partial charge on any atom is 0.180 e. The molecule has 0 saturated heterocycles. The van der Waals surface area contributed by atoms with E-state index in [-0.39, 0.29) is 12.4 Å². The predicted octanol–water partition coefficient (Wildman–Crippen LogP) is 4.29. The van der Waals surface area contributed by atoms with E-state index >= 15 is 0 Å². The molecule has 0 aliphatic carbocycles. The van der Waals surface area contributed by atoms with Gasteiger partial charge in [0.1, 0.15) is 12.4 Å². The molecule has 6 heteroatoms. The molecule has 21 heavy (non-hydrogen) atoms. The van der Waals surface area contributed by atoms with E-state index in [9.17, 15) is 4.39 Å². The molecular weight excluding hydrogens is 361 g/mol. The monoisotopic (exact) mass is 373 g/mol. The van der Waals surface area contributed by atoms with Crippen LogP contribution in [0.5, 0.6) is 11.5 Å². The highest BCUT2D eigenvalue weighted by atomic mass is 79.9. The molecule has 3 nitrogen and oxygen atoms in total. The smallest absolute Gasteiger partial charge is 0.180 e. The largest absolute Gasteiger partial charge is 0.493 e. The summed E-state index contributed by atoms with van der Waals surface area (Å²) in [7, 11) is 1.51. The molecule has 0 fully saturated rings. The molecule has 0 saturated carbocycles. The van der Waals surface area contributed by atoms with Gasteiger partial charge in [-0.1, -0.05) is 27.5 Å². The number of methoxy groups -OCH3 is 1. The van der Waals surface area contributed by atoms with E-state index in [1.807, 2.05) is 0 Å². The van der Waals surface area contributed by atoms with Gasteiger partial charge in [-0.3, -0.25) is 0 Å². The fraction of sp³-hybridized carbons (Fsp3) is 0.200. The zero-order valence-corrected chi connectivity index (χ0v) is 13.7. The van der Waals surface area contributed by atoms with Crippen molar-refractivity contribution in [1.82, 2.24) is 0 Å². The Morgan fingerprint density at radius 1 is 1.29 bits per heavy atom. The first-order valence-electron chi connectivity index (χ1n) is 6.18. The van der Waals surface area contributed by atoms with E-state index in [0.29, 0.717) is 28.6 Å². The van der Waals surface area contributed by atoms with Crippen molar-refractivity contribution in [3.8, 4) is 11.5 Å². The zero-order chi connectivity index (χ0) is 15.4. The molecule has 112 valence electrons. The van der Waals surface area contributed by atoms with E-state index in [4.69, 9.17) is 26.8 Å². The fourth-order valence-corrected chi connectivity index (χ4v) is 2.53. The average molecular weight is 375 g/mol. The number of ether oxygens (including phenoxy) is 2. The third-order valence-corrected chi connectivity index (χ3v) is 3.68. The van der Waals surface area contributed by atoms with Crippen molar-refractivity contribution in [3.05, 3.63) is 56.8 Å². The van der Waals surface area contributed by atoms with Gasteiger partial charge in [0.2, 0.25) is 0 Å². The van der Waals surface area contributed by atoms with Crippen LogP contribution in [0.3, 0.4) is 0 Å². The Hall–Kier alpha value is -1.30. The molecular formula is C15H14BrClFNO2. The Labute approximate surface area is 135 Å². The van der Waals surface area contributed by atoms with Gasteiger partial charge in [0.05, 0.1) is 12.1 Å². The van der Waals surface area contributed by atoms with E-state index in [1.54, 1.807) is 24.3 Å². The fourth-order valence-electron chi connectivity index (χ4n) is 1.84. The van der Waals surface area contributed by atoms with Gasteiger partial charge in [-0.15, -0.1) is 0 Å². The lowest BCUT2D eigenvalue weighted by Crippen LogP contribution is -2.03. The Bertz CT molecular complexity index is 652. The molecule has 0 heterocycles. The Morgan fingerprint density at radius 2 is 2.05 bits per heavy atom. The minimum absolute atomic E-state index is 0.0450. The molecule has 2 rings (SSSR count). The van der Waals surface area contributed by atoms with Crippen molar-refractivity contribution in [2.75, 3.05) is 7.11 Å². The van der Waals surface area contributed by atoms with E-state index in [2.05, 4.69) is 15.9 Å². The van der Waals surface area contributed by atoms with Crippen LogP contribution in [0.4, 0.5) is 4.39 Å². The standard InChI is InChI=1S/C15H14BrClFNO2/c1-20-14-5-9(7-19)4-12(17)15(14)21-8-10-6-11(16)2-3-13(10)18/h2-6H,7-8,19H2,1H3. The summed E-state index contributed by atoms with van der Waals surface area (Å²) in [6.07, 6.45) is 0. The molecule has 0 aliphatic heterocycles. The molecule has 0 aliphatic rings. The summed E-state index contributed by atoms with van der Waals surface area (Å²) in [6, 6.07) is 8.11. The Morgan fingerprint density at radius 3 is 2.71 bits per heavy atom. The van der Waals surface area contributed by atoms with Crippen LogP contribution >= 0.6 is 27.5 Å². The maximum atomic E-state index is 13.7. The third kappa shape index (κ3) is 3.87. The minimum Gasteiger partial charge on any atom is -0.493 e. The van der Waals surface area contributed by atoms with Crippen molar-refractivity contribution < 1.29 is 13.9 Å². The maximum absolute atomic E-state index is 13.7. The van der Waals surface area contributed by atoms with Crippen LogP contribution in [0.15, 0.2) is 34.8 Å². The Balaban J connectivity index is 2.25. The normalized spacial score (nSPS) is 10.5. The SMILES string of the molecule is COc1cc(CN)cc(Cl)c1OCc1cc(Br)ccc1F. The van der Waals surface area contributed by atoms with E-state index in [0.717, 1.165) is 10.0 Å². The number of hydrogen-bond acceptors (Lipinski definition) is 3. The second-order valence-corrected chi connectivity index (χ2v) is 5.66. The topological polar surface area (TPSA) is 44.5 Å². The second kappa shape index (κ2) is 7.11. The molecule has 2 aromatic carbocycles. The van der Waals surface area contributed by atoms with Gasteiger partial charge >= 0.3 is 0 Å². The molecule has 0 bridgehead atoms. The number of rotatable bonds is 5. The number of hydrogen-bond donors (Lipinski definition) is 1. The van der Waals surface area contributed by atoms with Gasteiger partial charge < -0.3 is 15.2 Å². The molecule has 0 aromatic heterocycles. The summed E-state index contributed by atoms with van der Waals surface area (Å²) in [5, 5.41) is 0.380. The van der Waals surface area contributed by atoms with E-state index < -0.39 is 0 Å². The first kappa shape index (κ1) is 16.1. The van der Waals surface area contributed by atoms with Crippen LogP contribution in [0.1, 0.15) is 11.1 Å². The first-order valence-corrected chi connectivity index (χ1v) is 7.35. The van der Waals surface area contributed by atoms with E-state index in [1.165, 1.54) is 13.2 Å². The van der Waals surface area contributed by atoms with Crippen molar-refractivity contribution in [1.29, 1.82) is 0 Å². The van der Waals surface area contributed by atoms with Crippen LogP contribution in [0.25, 0.3) is 0 Å². The molecule has 0 atom stereocenters. The summed E-state index contributed by atoms with van der Waals surface area (Å²) in [5.41, 5.74) is 6.84. The van der Waals surface area contributed by atoms with Gasteiger partial charge in [0.15, 0.2) is 11.5 Å².